The van der Waals surface area contributed by atoms with Crippen LogP contribution >= 0.6 is 11.6 Å². The first-order chi connectivity index (χ1) is 12.6. The number of halogens is 1. The van der Waals surface area contributed by atoms with Gasteiger partial charge in [-0.3, -0.25) is 4.79 Å². The lowest BCUT2D eigenvalue weighted by Gasteiger charge is -2.14. The van der Waals surface area contributed by atoms with Crippen LogP contribution in [0.25, 0.3) is 5.69 Å². The van der Waals surface area contributed by atoms with Gasteiger partial charge >= 0.3 is 0 Å². The predicted octanol–water partition coefficient (Wildman–Crippen LogP) is 2.74. The van der Waals surface area contributed by atoms with E-state index in [1.165, 1.54) is 11.0 Å². The van der Waals surface area contributed by atoms with Gasteiger partial charge in [-0.25, -0.2) is 0 Å². The monoisotopic (exact) mass is 371 g/mol. The van der Waals surface area contributed by atoms with E-state index < -0.39 is 0 Å². The number of carbonyl (C=O) groups excluding carboxylic acids is 1. The fourth-order valence-corrected chi connectivity index (χ4v) is 2.63. The predicted molar refractivity (Wildman–Crippen MR) is 97.9 cm³/mol. The Bertz CT molecular complexity index is 895. The van der Waals surface area contributed by atoms with Crippen molar-refractivity contribution >= 4 is 17.5 Å². The second-order valence-corrected chi connectivity index (χ2v) is 6.15. The summed E-state index contributed by atoms with van der Waals surface area (Å²) in [6.07, 6.45) is 1.47. The third-order valence-corrected chi connectivity index (χ3v) is 4.25. The van der Waals surface area contributed by atoms with Crippen molar-refractivity contribution in [2.45, 2.75) is 13.8 Å². The molecule has 0 saturated carbocycles. The number of hydrogen-bond donors (Lipinski definition) is 1. The molecule has 1 aromatic heterocycles. The highest BCUT2D eigenvalue weighted by Crippen LogP contribution is 2.21. The molecular formula is C18H18ClN5O2. The van der Waals surface area contributed by atoms with Gasteiger partial charge in [-0.1, -0.05) is 17.7 Å². The van der Waals surface area contributed by atoms with E-state index in [2.05, 4.69) is 20.8 Å². The molecule has 1 amide bonds. The second-order valence-electron chi connectivity index (χ2n) is 5.72. The number of nitrogens with one attached hydrogen (secondary N) is 1. The minimum absolute atomic E-state index is 0.210. The molecular weight excluding hydrogens is 354 g/mol. The molecule has 134 valence electrons. The van der Waals surface area contributed by atoms with Gasteiger partial charge in [0.15, 0.2) is 0 Å². The molecule has 1 heterocycles. The summed E-state index contributed by atoms with van der Waals surface area (Å²) in [4.78, 5) is 12.6. The Morgan fingerprint density at radius 1 is 1.19 bits per heavy atom. The Labute approximate surface area is 155 Å². The number of benzene rings is 2. The Morgan fingerprint density at radius 3 is 2.65 bits per heavy atom. The molecule has 1 N–H and O–H groups in total. The van der Waals surface area contributed by atoms with Crippen LogP contribution in [-0.4, -0.2) is 39.3 Å². The molecule has 0 aliphatic heterocycles. The summed E-state index contributed by atoms with van der Waals surface area (Å²) < 4.78 is 7.08. The fourth-order valence-electron chi connectivity index (χ4n) is 2.50. The zero-order valence-electron chi connectivity index (χ0n) is 14.4. The van der Waals surface area contributed by atoms with Crippen LogP contribution < -0.4 is 10.1 Å². The van der Waals surface area contributed by atoms with Gasteiger partial charge in [-0.05, 0) is 65.7 Å². The van der Waals surface area contributed by atoms with Crippen molar-refractivity contribution in [3.8, 4) is 11.4 Å². The van der Waals surface area contributed by atoms with E-state index in [4.69, 9.17) is 16.3 Å². The lowest BCUT2D eigenvalue weighted by atomic mass is 10.0. The first-order valence-corrected chi connectivity index (χ1v) is 8.44. The summed E-state index contributed by atoms with van der Waals surface area (Å²) >= 11 is 5.83. The van der Waals surface area contributed by atoms with Crippen LogP contribution in [0.2, 0.25) is 5.02 Å². The Hall–Kier alpha value is -2.93. The number of amides is 1. The number of nitrogens with zero attached hydrogens (tertiary/aromatic N) is 4. The summed E-state index contributed by atoms with van der Waals surface area (Å²) in [6.45, 7) is 4.62. The number of ether oxygens (including phenoxy) is 1. The smallest absolute Gasteiger partial charge is 0.253 e. The van der Waals surface area contributed by atoms with E-state index in [-0.39, 0.29) is 5.91 Å². The van der Waals surface area contributed by atoms with Gasteiger partial charge in [0.25, 0.3) is 5.91 Å². The standard InChI is InChI=1S/C18H18ClN5O2/c1-12-3-8-16(17(13(12)2)24-11-21-22-23-24)18(25)20-9-10-26-15-6-4-14(19)5-7-15/h3-8,11H,9-10H2,1-2H3,(H,20,25). The molecule has 0 atom stereocenters. The zero-order valence-corrected chi connectivity index (χ0v) is 15.2. The highest BCUT2D eigenvalue weighted by molar-refractivity contribution is 6.30. The maximum absolute atomic E-state index is 12.6. The van der Waals surface area contributed by atoms with Crippen LogP contribution in [0.4, 0.5) is 0 Å². The minimum atomic E-state index is -0.210. The Kier molecular flexibility index (Phi) is 5.48. The maximum Gasteiger partial charge on any atom is 0.253 e. The summed E-state index contributed by atoms with van der Waals surface area (Å²) in [5.74, 6) is 0.488. The molecule has 0 fully saturated rings. The van der Waals surface area contributed by atoms with Crippen LogP contribution in [0.5, 0.6) is 5.75 Å². The Balaban J connectivity index is 1.66. The molecule has 3 aromatic rings. The number of carbonyl (C=O) groups is 1. The van der Waals surface area contributed by atoms with Crippen LogP contribution in [0.1, 0.15) is 21.5 Å². The number of hydrogen-bond acceptors (Lipinski definition) is 5. The van der Waals surface area contributed by atoms with Crippen molar-refractivity contribution in [1.29, 1.82) is 0 Å². The van der Waals surface area contributed by atoms with E-state index in [9.17, 15) is 4.79 Å². The molecule has 0 bridgehead atoms. The first kappa shape index (κ1) is 17.9. The number of aryl methyl sites for hydroxylation is 1. The molecule has 3 rings (SSSR count). The van der Waals surface area contributed by atoms with Gasteiger partial charge in [0.05, 0.1) is 17.8 Å². The highest BCUT2D eigenvalue weighted by atomic mass is 35.5. The van der Waals surface area contributed by atoms with Crippen molar-refractivity contribution in [3.05, 3.63) is 64.4 Å². The molecule has 0 spiro atoms. The minimum Gasteiger partial charge on any atom is -0.492 e. The molecule has 8 heteroatoms. The summed E-state index contributed by atoms with van der Waals surface area (Å²) in [6, 6.07) is 10.7. The van der Waals surface area contributed by atoms with E-state index >= 15 is 0 Å². The lowest BCUT2D eigenvalue weighted by Crippen LogP contribution is -2.29. The van der Waals surface area contributed by atoms with E-state index in [0.29, 0.717) is 35.2 Å². The second kappa shape index (κ2) is 7.97. The summed E-state index contributed by atoms with van der Waals surface area (Å²) in [5, 5.41) is 14.7. The first-order valence-electron chi connectivity index (χ1n) is 8.06. The third-order valence-electron chi connectivity index (χ3n) is 3.99. The number of rotatable bonds is 6. The summed E-state index contributed by atoms with van der Waals surface area (Å²) in [7, 11) is 0. The van der Waals surface area contributed by atoms with Gasteiger partial charge in [0.1, 0.15) is 18.7 Å². The van der Waals surface area contributed by atoms with Crippen LogP contribution in [0, 0.1) is 13.8 Å². The molecule has 2 aromatic carbocycles. The molecule has 0 aliphatic rings. The van der Waals surface area contributed by atoms with Crippen molar-refractivity contribution in [2.24, 2.45) is 0 Å². The van der Waals surface area contributed by atoms with Crippen molar-refractivity contribution in [3.63, 3.8) is 0 Å². The van der Waals surface area contributed by atoms with Gasteiger partial charge in [-0.2, -0.15) is 4.68 Å². The SMILES string of the molecule is Cc1ccc(C(=O)NCCOc2ccc(Cl)cc2)c(-n2cnnn2)c1C. The van der Waals surface area contributed by atoms with Gasteiger partial charge in [0.2, 0.25) is 0 Å². The molecule has 26 heavy (non-hydrogen) atoms. The van der Waals surface area contributed by atoms with Crippen molar-refractivity contribution < 1.29 is 9.53 Å². The lowest BCUT2D eigenvalue weighted by molar-refractivity contribution is 0.0946. The van der Waals surface area contributed by atoms with Gasteiger partial charge in [0, 0.05) is 5.02 Å². The van der Waals surface area contributed by atoms with Crippen LogP contribution in [-0.2, 0) is 0 Å². The van der Waals surface area contributed by atoms with E-state index in [0.717, 1.165) is 11.1 Å². The van der Waals surface area contributed by atoms with Crippen molar-refractivity contribution in [1.82, 2.24) is 25.5 Å². The molecule has 0 saturated heterocycles. The summed E-state index contributed by atoms with van der Waals surface area (Å²) in [5.41, 5.74) is 3.18. The Morgan fingerprint density at radius 2 is 1.96 bits per heavy atom. The fraction of sp³-hybridized carbons (Fsp3) is 0.222. The quantitative estimate of drug-likeness (QED) is 0.674. The van der Waals surface area contributed by atoms with Gasteiger partial charge < -0.3 is 10.1 Å². The molecule has 0 unspecified atom stereocenters. The zero-order chi connectivity index (χ0) is 18.5. The highest BCUT2D eigenvalue weighted by Gasteiger charge is 2.17. The topological polar surface area (TPSA) is 81.9 Å². The van der Waals surface area contributed by atoms with E-state index in [1.54, 1.807) is 30.3 Å². The normalized spacial score (nSPS) is 10.6. The average molecular weight is 372 g/mol. The molecule has 0 aliphatic carbocycles. The number of tetrazole rings is 1. The molecule has 0 radical (unpaired) electrons. The van der Waals surface area contributed by atoms with Crippen molar-refractivity contribution in [2.75, 3.05) is 13.2 Å². The average Bonchev–Trinajstić information content (AvgIpc) is 3.16. The van der Waals surface area contributed by atoms with Crippen LogP contribution in [0.15, 0.2) is 42.7 Å². The number of aromatic nitrogens is 4. The van der Waals surface area contributed by atoms with E-state index in [1.807, 2.05) is 19.9 Å². The van der Waals surface area contributed by atoms with Gasteiger partial charge in [-0.15, -0.1) is 5.10 Å². The molecule has 7 nitrogen and oxygen atoms in total. The largest absolute Gasteiger partial charge is 0.492 e. The third kappa shape index (κ3) is 4.00. The maximum atomic E-state index is 12.6. The van der Waals surface area contributed by atoms with Crippen LogP contribution in [0.3, 0.4) is 0 Å².